The smallest absolute Gasteiger partial charge is 0.261 e. The molecule has 0 saturated heterocycles. The lowest BCUT2D eigenvalue weighted by Gasteiger charge is -2.19. The van der Waals surface area contributed by atoms with Gasteiger partial charge in [0.25, 0.3) is 5.91 Å². The zero-order valence-corrected chi connectivity index (χ0v) is 14.3. The summed E-state index contributed by atoms with van der Waals surface area (Å²) in [7, 11) is 0. The Bertz CT molecular complexity index is 923. The van der Waals surface area contributed by atoms with Crippen LogP contribution < -0.4 is 10.1 Å². The third-order valence-corrected chi connectivity index (χ3v) is 5.29. The number of amides is 1. The average molecular weight is 339 g/mol. The highest BCUT2D eigenvalue weighted by atomic mass is 32.1. The Hall–Kier alpha value is -2.53. The molecule has 4 nitrogen and oxygen atoms in total. The van der Waals surface area contributed by atoms with Gasteiger partial charge in [-0.05, 0) is 43.7 Å². The van der Waals surface area contributed by atoms with Gasteiger partial charge in [0.2, 0.25) is 0 Å². The summed E-state index contributed by atoms with van der Waals surface area (Å²) in [4.78, 5) is 14.3. The van der Waals surface area contributed by atoms with Gasteiger partial charge in [0, 0.05) is 16.0 Å². The van der Waals surface area contributed by atoms with Crippen LogP contribution in [0.15, 0.2) is 40.8 Å². The number of ether oxygens (including phenoxy) is 1. The first-order valence-electron chi connectivity index (χ1n) is 7.81. The van der Waals surface area contributed by atoms with Crippen molar-refractivity contribution in [3.63, 3.8) is 0 Å². The van der Waals surface area contributed by atoms with Gasteiger partial charge in [0.05, 0.1) is 11.4 Å². The average Bonchev–Trinajstić information content (AvgIpc) is 3.18. The predicted molar refractivity (Wildman–Crippen MR) is 93.4 cm³/mol. The Kier molecular flexibility index (Phi) is 3.65. The standard InChI is InChI=1S/C19H17NO3S/c1-11-4-3-5-15-17(11)18-13(10-22-15)8-16(24-18)19(21)20-9-14-7-6-12(2)23-14/h3-8H,9-10H2,1-2H3,(H,20,21). The second kappa shape index (κ2) is 5.83. The van der Waals surface area contributed by atoms with Gasteiger partial charge in [-0.1, -0.05) is 12.1 Å². The molecular formula is C19H17NO3S. The van der Waals surface area contributed by atoms with Crippen molar-refractivity contribution in [1.82, 2.24) is 5.32 Å². The monoisotopic (exact) mass is 339 g/mol. The number of rotatable bonds is 3. The Balaban J connectivity index is 1.58. The highest BCUT2D eigenvalue weighted by Gasteiger charge is 2.24. The molecular weight excluding hydrogens is 322 g/mol. The third-order valence-electron chi connectivity index (χ3n) is 4.10. The lowest BCUT2D eigenvalue weighted by molar-refractivity contribution is 0.0952. The number of aryl methyl sites for hydroxylation is 2. The molecule has 0 aliphatic carbocycles. The molecule has 3 aromatic rings. The van der Waals surface area contributed by atoms with Gasteiger partial charge in [0.15, 0.2) is 0 Å². The molecule has 1 aromatic carbocycles. The zero-order chi connectivity index (χ0) is 16.7. The van der Waals surface area contributed by atoms with E-state index < -0.39 is 0 Å². The molecule has 4 rings (SSSR count). The molecule has 24 heavy (non-hydrogen) atoms. The number of hydrogen-bond donors (Lipinski definition) is 1. The van der Waals surface area contributed by atoms with Crippen LogP contribution in [0.3, 0.4) is 0 Å². The molecule has 0 fully saturated rings. The maximum atomic E-state index is 12.5. The number of carbonyl (C=O) groups is 1. The van der Waals surface area contributed by atoms with E-state index in [0.29, 0.717) is 18.0 Å². The van der Waals surface area contributed by atoms with Crippen molar-refractivity contribution in [1.29, 1.82) is 0 Å². The van der Waals surface area contributed by atoms with Crippen LogP contribution >= 0.6 is 11.3 Å². The zero-order valence-electron chi connectivity index (χ0n) is 13.5. The molecule has 0 bridgehead atoms. The number of carbonyl (C=O) groups excluding carboxylic acids is 1. The van der Waals surface area contributed by atoms with Crippen LogP contribution in [0.2, 0.25) is 0 Å². The van der Waals surface area contributed by atoms with Crippen molar-refractivity contribution in [2.45, 2.75) is 27.0 Å². The van der Waals surface area contributed by atoms with Crippen molar-refractivity contribution in [2.24, 2.45) is 0 Å². The quantitative estimate of drug-likeness (QED) is 0.767. The van der Waals surface area contributed by atoms with Crippen molar-refractivity contribution in [2.75, 3.05) is 0 Å². The minimum absolute atomic E-state index is 0.0846. The number of furan rings is 1. The van der Waals surface area contributed by atoms with Gasteiger partial charge in [-0.2, -0.15) is 0 Å². The molecule has 1 aliphatic heterocycles. The second-order valence-electron chi connectivity index (χ2n) is 5.90. The molecule has 0 spiro atoms. The number of hydrogen-bond acceptors (Lipinski definition) is 4. The fourth-order valence-electron chi connectivity index (χ4n) is 2.90. The van der Waals surface area contributed by atoms with Crippen LogP contribution in [0, 0.1) is 13.8 Å². The molecule has 0 unspecified atom stereocenters. The molecule has 0 atom stereocenters. The van der Waals surface area contributed by atoms with Crippen molar-refractivity contribution >= 4 is 17.2 Å². The maximum absolute atomic E-state index is 12.5. The molecule has 1 N–H and O–H groups in total. The minimum atomic E-state index is -0.0846. The Labute approximate surface area is 144 Å². The van der Waals surface area contributed by atoms with E-state index in [1.807, 2.05) is 37.3 Å². The number of thiophene rings is 1. The molecule has 2 aromatic heterocycles. The first-order valence-corrected chi connectivity index (χ1v) is 8.62. The summed E-state index contributed by atoms with van der Waals surface area (Å²) in [6, 6.07) is 11.7. The fourth-order valence-corrected chi connectivity index (χ4v) is 4.10. The van der Waals surface area contributed by atoms with Crippen molar-refractivity contribution in [3.8, 4) is 16.2 Å². The Morgan fingerprint density at radius 1 is 1.25 bits per heavy atom. The van der Waals surface area contributed by atoms with E-state index in [-0.39, 0.29) is 5.91 Å². The van der Waals surface area contributed by atoms with E-state index in [4.69, 9.17) is 9.15 Å². The number of fused-ring (bicyclic) bond motifs is 3. The summed E-state index contributed by atoms with van der Waals surface area (Å²) >= 11 is 1.52. The van der Waals surface area contributed by atoms with Crippen molar-refractivity contribution < 1.29 is 13.9 Å². The first kappa shape index (κ1) is 15.0. The van der Waals surface area contributed by atoms with E-state index in [2.05, 4.69) is 18.3 Å². The Morgan fingerprint density at radius 2 is 2.12 bits per heavy atom. The summed E-state index contributed by atoms with van der Waals surface area (Å²) in [6.07, 6.45) is 0. The summed E-state index contributed by atoms with van der Waals surface area (Å²) in [6.45, 7) is 4.85. The topological polar surface area (TPSA) is 51.5 Å². The summed E-state index contributed by atoms with van der Waals surface area (Å²) in [5.41, 5.74) is 3.33. The summed E-state index contributed by atoms with van der Waals surface area (Å²) < 4.78 is 11.3. The van der Waals surface area contributed by atoms with Crippen LogP contribution in [-0.4, -0.2) is 5.91 Å². The van der Waals surface area contributed by atoms with Gasteiger partial charge >= 0.3 is 0 Å². The molecule has 3 heterocycles. The van der Waals surface area contributed by atoms with Crippen LogP contribution in [0.5, 0.6) is 5.75 Å². The van der Waals surface area contributed by atoms with E-state index >= 15 is 0 Å². The lowest BCUT2D eigenvalue weighted by atomic mass is 10.0. The van der Waals surface area contributed by atoms with Gasteiger partial charge in [-0.3, -0.25) is 4.79 Å². The highest BCUT2D eigenvalue weighted by Crippen LogP contribution is 2.44. The van der Waals surface area contributed by atoms with Crippen LogP contribution in [0.4, 0.5) is 0 Å². The molecule has 122 valence electrons. The van der Waals surface area contributed by atoms with Gasteiger partial charge in [-0.25, -0.2) is 0 Å². The van der Waals surface area contributed by atoms with Crippen LogP contribution in [0.25, 0.3) is 10.4 Å². The number of benzene rings is 1. The molecule has 1 aliphatic rings. The minimum Gasteiger partial charge on any atom is -0.488 e. The highest BCUT2D eigenvalue weighted by molar-refractivity contribution is 7.17. The normalized spacial score (nSPS) is 12.2. The molecule has 0 radical (unpaired) electrons. The Morgan fingerprint density at radius 3 is 2.92 bits per heavy atom. The van der Waals surface area contributed by atoms with Crippen molar-refractivity contribution in [3.05, 3.63) is 63.9 Å². The second-order valence-corrected chi connectivity index (χ2v) is 6.95. The lowest BCUT2D eigenvalue weighted by Crippen LogP contribution is -2.21. The number of nitrogens with one attached hydrogen (secondary N) is 1. The van der Waals surface area contributed by atoms with Gasteiger partial charge < -0.3 is 14.5 Å². The molecule has 5 heteroatoms. The third kappa shape index (κ3) is 2.61. The fraction of sp³-hybridized carbons (Fsp3) is 0.211. The van der Waals surface area contributed by atoms with E-state index in [9.17, 15) is 4.79 Å². The van der Waals surface area contributed by atoms with Gasteiger partial charge in [-0.15, -0.1) is 11.3 Å². The van der Waals surface area contributed by atoms with Crippen LogP contribution in [0.1, 0.15) is 32.3 Å². The first-order chi connectivity index (χ1) is 11.6. The maximum Gasteiger partial charge on any atom is 0.261 e. The van der Waals surface area contributed by atoms with Crippen LogP contribution in [-0.2, 0) is 13.2 Å². The molecule has 0 saturated carbocycles. The largest absolute Gasteiger partial charge is 0.488 e. The predicted octanol–water partition coefficient (Wildman–Crippen LogP) is 4.45. The summed E-state index contributed by atoms with van der Waals surface area (Å²) in [5, 5.41) is 2.91. The van der Waals surface area contributed by atoms with E-state index in [1.165, 1.54) is 11.3 Å². The molecule has 1 amide bonds. The summed E-state index contributed by atoms with van der Waals surface area (Å²) in [5.74, 6) is 2.41. The SMILES string of the molecule is Cc1ccc(CNC(=O)c2cc3c(s2)-c2c(C)cccc2OC3)o1. The van der Waals surface area contributed by atoms with E-state index in [0.717, 1.165) is 38.8 Å². The van der Waals surface area contributed by atoms with E-state index in [1.54, 1.807) is 0 Å². The van der Waals surface area contributed by atoms with Gasteiger partial charge in [0.1, 0.15) is 23.9 Å².